The first-order valence-corrected chi connectivity index (χ1v) is 10.1. The predicted molar refractivity (Wildman–Crippen MR) is 111 cm³/mol. The number of benzene rings is 1. The van der Waals surface area contributed by atoms with Crippen LogP contribution >= 0.6 is 0 Å². The van der Waals surface area contributed by atoms with E-state index in [1.807, 2.05) is 12.3 Å². The molecule has 1 aliphatic rings. The van der Waals surface area contributed by atoms with Crippen LogP contribution in [0, 0.1) is 6.92 Å². The molecule has 0 aliphatic carbocycles. The molecule has 1 fully saturated rings. The molecule has 0 N–H and O–H groups in total. The van der Waals surface area contributed by atoms with Crippen LogP contribution < -0.4 is 4.74 Å². The maximum atomic E-state index is 5.61. The van der Waals surface area contributed by atoms with Crippen molar-refractivity contribution in [3.05, 3.63) is 58.9 Å². The van der Waals surface area contributed by atoms with Crippen LogP contribution in [0.3, 0.4) is 0 Å². The van der Waals surface area contributed by atoms with Crippen LogP contribution in [0.1, 0.15) is 42.1 Å². The van der Waals surface area contributed by atoms with Gasteiger partial charge < -0.3 is 4.74 Å². The second kappa shape index (κ2) is 9.34. The number of ether oxygens (including phenoxy) is 1. The molecule has 4 nitrogen and oxygen atoms in total. The molecule has 1 atom stereocenters. The highest BCUT2D eigenvalue weighted by Crippen LogP contribution is 2.24. The lowest BCUT2D eigenvalue weighted by Crippen LogP contribution is -2.31. The molecule has 1 saturated heterocycles. The molecular formula is C23H33N3O. The fourth-order valence-corrected chi connectivity index (χ4v) is 3.85. The number of nitrogens with zero attached hydrogens (tertiary/aromatic N) is 3. The van der Waals surface area contributed by atoms with Crippen LogP contribution in [0.2, 0.25) is 0 Å². The lowest BCUT2D eigenvalue weighted by atomic mass is 10.1. The third kappa shape index (κ3) is 5.30. The molecule has 0 spiro atoms. The van der Waals surface area contributed by atoms with Crippen molar-refractivity contribution in [1.29, 1.82) is 0 Å². The Bertz CT molecular complexity index is 740. The van der Waals surface area contributed by atoms with Crippen LogP contribution in [0.25, 0.3) is 0 Å². The predicted octanol–water partition coefficient (Wildman–Crippen LogP) is 4.06. The number of likely N-dealkylation sites (N-methyl/N-ethyl adjacent to an activating group) is 1. The van der Waals surface area contributed by atoms with Gasteiger partial charge in [-0.05, 0) is 76.2 Å². The second-order valence-electron chi connectivity index (χ2n) is 7.86. The maximum Gasteiger partial charge on any atom is 0.123 e. The van der Waals surface area contributed by atoms with E-state index in [0.717, 1.165) is 25.3 Å². The van der Waals surface area contributed by atoms with Gasteiger partial charge in [0, 0.05) is 43.0 Å². The van der Waals surface area contributed by atoms with E-state index in [4.69, 9.17) is 4.74 Å². The summed E-state index contributed by atoms with van der Waals surface area (Å²) in [6, 6.07) is 11.2. The Balaban J connectivity index is 1.65. The Kier molecular flexibility index (Phi) is 6.86. The highest BCUT2D eigenvalue weighted by molar-refractivity contribution is 5.37. The van der Waals surface area contributed by atoms with Crippen LogP contribution in [-0.4, -0.2) is 48.1 Å². The zero-order valence-corrected chi connectivity index (χ0v) is 17.2. The second-order valence-corrected chi connectivity index (χ2v) is 7.86. The summed E-state index contributed by atoms with van der Waals surface area (Å²) in [6.45, 7) is 8.75. The summed E-state index contributed by atoms with van der Waals surface area (Å²) < 4.78 is 5.61. The van der Waals surface area contributed by atoms with Crippen molar-refractivity contribution >= 4 is 0 Å². The summed E-state index contributed by atoms with van der Waals surface area (Å²) >= 11 is 0. The number of methoxy groups -OCH3 is 1. The Morgan fingerprint density at radius 1 is 1.22 bits per heavy atom. The molecule has 2 heterocycles. The SMILES string of the molecule is COc1ccc(CN(C)[C@H](C)Cc2ncccc2C)cc1CN1CCCC1. The molecule has 0 radical (unpaired) electrons. The van der Waals surface area contributed by atoms with Crippen molar-refractivity contribution < 1.29 is 4.74 Å². The third-order valence-electron chi connectivity index (χ3n) is 5.73. The van der Waals surface area contributed by atoms with Gasteiger partial charge in [-0.2, -0.15) is 0 Å². The molecule has 1 aliphatic heterocycles. The molecular weight excluding hydrogens is 334 g/mol. The van der Waals surface area contributed by atoms with Gasteiger partial charge in [0.05, 0.1) is 7.11 Å². The van der Waals surface area contributed by atoms with Crippen LogP contribution in [0.15, 0.2) is 36.5 Å². The van der Waals surface area contributed by atoms with Gasteiger partial charge in [0.2, 0.25) is 0 Å². The Hall–Kier alpha value is -1.91. The van der Waals surface area contributed by atoms with Gasteiger partial charge in [-0.3, -0.25) is 14.8 Å². The van der Waals surface area contributed by atoms with E-state index >= 15 is 0 Å². The summed E-state index contributed by atoms with van der Waals surface area (Å²) in [4.78, 5) is 9.49. The van der Waals surface area contributed by atoms with Gasteiger partial charge in [0.15, 0.2) is 0 Å². The summed E-state index contributed by atoms with van der Waals surface area (Å²) in [5.74, 6) is 1.01. The van der Waals surface area contributed by atoms with E-state index < -0.39 is 0 Å². The summed E-state index contributed by atoms with van der Waals surface area (Å²) in [6.07, 6.45) is 5.49. The molecule has 0 unspecified atom stereocenters. The largest absolute Gasteiger partial charge is 0.496 e. The van der Waals surface area contributed by atoms with Gasteiger partial charge in [0.25, 0.3) is 0 Å². The highest BCUT2D eigenvalue weighted by Gasteiger charge is 2.16. The van der Waals surface area contributed by atoms with Crippen LogP contribution in [-0.2, 0) is 19.5 Å². The van der Waals surface area contributed by atoms with Crippen molar-refractivity contribution in [3.8, 4) is 5.75 Å². The molecule has 0 saturated carbocycles. The fourth-order valence-electron chi connectivity index (χ4n) is 3.85. The topological polar surface area (TPSA) is 28.6 Å². The zero-order chi connectivity index (χ0) is 19.2. The molecule has 1 aromatic heterocycles. The first kappa shape index (κ1) is 19.8. The molecule has 4 heteroatoms. The zero-order valence-electron chi connectivity index (χ0n) is 17.2. The van der Waals surface area contributed by atoms with E-state index in [0.29, 0.717) is 6.04 Å². The van der Waals surface area contributed by atoms with Crippen molar-refractivity contribution in [2.75, 3.05) is 27.2 Å². The summed E-state index contributed by atoms with van der Waals surface area (Å²) in [5.41, 5.74) is 5.12. The molecule has 0 amide bonds. The quantitative estimate of drug-likeness (QED) is 0.703. The number of aryl methyl sites for hydroxylation is 1. The van der Waals surface area contributed by atoms with E-state index in [1.54, 1.807) is 7.11 Å². The molecule has 2 aromatic rings. The summed E-state index contributed by atoms with van der Waals surface area (Å²) in [5, 5.41) is 0. The molecule has 1 aromatic carbocycles. The normalized spacial score (nSPS) is 16.0. The average molecular weight is 368 g/mol. The lowest BCUT2D eigenvalue weighted by Gasteiger charge is -2.26. The van der Waals surface area contributed by atoms with E-state index in [2.05, 4.69) is 59.9 Å². The average Bonchev–Trinajstić information content (AvgIpc) is 3.17. The smallest absolute Gasteiger partial charge is 0.123 e. The number of aromatic nitrogens is 1. The number of hydrogen-bond acceptors (Lipinski definition) is 4. The Morgan fingerprint density at radius 3 is 2.70 bits per heavy atom. The van der Waals surface area contributed by atoms with Gasteiger partial charge in [-0.25, -0.2) is 0 Å². The van der Waals surface area contributed by atoms with Crippen molar-refractivity contribution in [3.63, 3.8) is 0 Å². The molecule has 146 valence electrons. The van der Waals surface area contributed by atoms with Gasteiger partial charge in [-0.15, -0.1) is 0 Å². The Labute approximate surface area is 164 Å². The first-order chi connectivity index (χ1) is 13.1. The minimum Gasteiger partial charge on any atom is -0.496 e. The standard InChI is InChI=1S/C23H33N3O/c1-18-8-7-11-24-22(18)14-19(2)25(3)16-20-9-10-23(27-4)21(15-20)17-26-12-5-6-13-26/h7-11,15,19H,5-6,12-14,16-17H2,1-4H3/t19-/m1/s1. The Morgan fingerprint density at radius 2 is 2.00 bits per heavy atom. The molecule has 3 rings (SSSR count). The van der Waals surface area contributed by atoms with Gasteiger partial charge in [-0.1, -0.05) is 12.1 Å². The van der Waals surface area contributed by atoms with Crippen LogP contribution in [0.4, 0.5) is 0 Å². The van der Waals surface area contributed by atoms with Gasteiger partial charge >= 0.3 is 0 Å². The number of hydrogen-bond donors (Lipinski definition) is 0. The number of pyridine rings is 1. The lowest BCUT2D eigenvalue weighted by molar-refractivity contribution is 0.246. The van der Waals surface area contributed by atoms with Crippen LogP contribution in [0.5, 0.6) is 5.75 Å². The fraction of sp³-hybridized carbons (Fsp3) is 0.522. The van der Waals surface area contributed by atoms with Crippen molar-refractivity contribution in [1.82, 2.24) is 14.8 Å². The maximum absolute atomic E-state index is 5.61. The van der Waals surface area contributed by atoms with E-state index in [-0.39, 0.29) is 0 Å². The van der Waals surface area contributed by atoms with E-state index in [9.17, 15) is 0 Å². The minimum absolute atomic E-state index is 0.433. The van der Waals surface area contributed by atoms with Gasteiger partial charge in [0.1, 0.15) is 5.75 Å². The monoisotopic (exact) mass is 367 g/mol. The first-order valence-electron chi connectivity index (χ1n) is 10.1. The number of likely N-dealkylation sites (tertiary alicyclic amines) is 1. The van der Waals surface area contributed by atoms with Crippen molar-refractivity contribution in [2.24, 2.45) is 0 Å². The minimum atomic E-state index is 0.433. The summed E-state index contributed by atoms with van der Waals surface area (Å²) in [7, 11) is 3.97. The molecule has 27 heavy (non-hydrogen) atoms. The molecule has 0 bridgehead atoms. The highest BCUT2D eigenvalue weighted by atomic mass is 16.5. The number of rotatable bonds is 8. The van der Waals surface area contributed by atoms with E-state index in [1.165, 1.54) is 48.3 Å². The third-order valence-corrected chi connectivity index (χ3v) is 5.73. The van der Waals surface area contributed by atoms with Crippen molar-refractivity contribution in [2.45, 2.75) is 52.2 Å².